The van der Waals surface area contributed by atoms with E-state index in [1.165, 1.54) is 21.3 Å². The first-order valence-corrected chi connectivity index (χ1v) is 8.90. The first kappa shape index (κ1) is 20.2. The molecule has 0 N–H and O–H groups in total. The van der Waals surface area contributed by atoms with Crippen LogP contribution in [0.3, 0.4) is 0 Å². The zero-order valence-corrected chi connectivity index (χ0v) is 16.5. The Hall–Kier alpha value is -2.15. The lowest BCUT2D eigenvalue weighted by atomic mass is 9.74. The number of hydrogen-bond acceptors (Lipinski definition) is 6. The van der Waals surface area contributed by atoms with Crippen LogP contribution in [-0.2, 0) is 35.0 Å². The summed E-state index contributed by atoms with van der Waals surface area (Å²) in [6.07, 6.45) is 0.214. The number of methoxy groups -OCH3 is 3. The quantitative estimate of drug-likeness (QED) is 0.410. The lowest BCUT2D eigenvalue weighted by Crippen LogP contribution is -2.42. The minimum atomic E-state index is -1.59. The van der Waals surface area contributed by atoms with Crippen LogP contribution in [0.25, 0.3) is 0 Å². The standard InChI is InChI=1S/C19H21BrO6/c1-24-15(21)18(9-13-7-5-4-6-8-13)12-19(16(22)25-2,17(23)26-3)10-14(18)11-20/h4-8,11H,9-10,12H2,1-3H3/b14-11-. The van der Waals surface area contributed by atoms with E-state index in [0.29, 0.717) is 5.57 Å². The van der Waals surface area contributed by atoms with Crippen molar-refractivity contribution in [3.63, 3.8) is 0 Å². The maximum Gasteiger partial charge on any atom is 0.323 e. The van der Waals surface area contributed by atoms with E-state index in [4.69, 9.17) is 14.2 Å². The number of esters is 3. The van der Waals surface area contributed by atoms with Crippen LogP contribution in [0.1, 0.15) is 18.4 Å². The van der Waals surface area contributed by atoms with Gasteiger partial charge in [0.05, 0.1) is 26.7 Å². The van der Waals surface area contributed by atoms with E-state index in [1.54, 1.807) is 4.99 Å². The highest BCUT2D eigenvalue weighted by atomic mass is 79.9. The van der Waals surface area contributed by atoms with Crippen molar-refractivity contribution in [1.82, 2.24) is 0 Å². The zero-order valence-electron chi connectivity index (χ0n) is 14.9. The number of hydrogen-bond donors (Lipinski definition) is 0. The molecule has 0 spiro atoms. The molecule has 7 heteroatoms. The summed E-state index contributed by atoms with van der Waals surface area (Å²) in [5, 5.41) is 0. The van der Waals surface area contributed by atoms with Crippen molar-refractivity contribution in [2.75, 3.05) is 21.3 Å². The molecule has 2 rings (SSSR count). The summed E-state index contributed by atoms with van der Waals surface area (Å²) >= 11 is 3.28. The van der Waals surface area contributed by atoms with Crippen LogP contribution < -0.4 is 0 Å². The van der Waals surface area contributed by atoms with Gasteiger partial charge in [0.1, 0.15) is 0 Å². The molecule has 1 saturated carbocycles. The molecule has 0 saturated heterocycles. The van der Waals surface area contributed by atoms with Crippen LogP contribution in [0.4, 0.5) is 0 Å². The van der Waals surface area contributed by atoms with Gasteiger partial charge in [0.15, 0.2) is 5.41 Å². The molecule has 1 fully saturated rings. The van der Waals surface area contributed by atoms with Crippen LogP contribution in [0.15, 0.2) is 40.9 Å². The second kappa shape index (κ2) is 8.03. The third-order valence-corrected chi connectivity index (χ3v) is 5.47. The second-order valence-corrected chi connectivity index (χ2v) is 6.75. The summed E-state index contributed by atoms with van der Waals surface area (Å²) in [5.41, 5.74) is -1.30. The van der Waals surface area contributed by atoms with Gasteiger partial charge < -0.3 is 14.2 Å². The molecule has 0 amide bonds. The predicted octanol–water partition coefficient (Wildman–Crippen LogP) is 2.79. The van der Waals surface area contributed by atoms with Crippen LogP contribution in [0.5, 0.6) is 0 Å². The summed E-state index contributed by atoms with van der Waals surface area (Å²) in [6, 6.07) is 9.36. The molecule has 1 aromatic rings. The van der Waals surface area contributed by atoms with Gasteiger partial charge in [-0.2, -0.15) is 0 Å². The molecule has 0 radical (unpaired) electrons. The van der Waals surface area contributed by atoms with Crippen molar-refractivity contribution >= 4 is 33.8 Å². The first-order valence-electron chi connectivity index (χ1n) is 7.99. The lowest BCUT2D eigenvalue weighted by Gasteiger charge is -2.29. The Labute approximate surface area is 160 Å². The van der Waals surface area contributed by atoms with Gasteiger partial charge >= 0.3 is 17.9 Å². The molecule has 0 aromatic heterocycles. The van der Waals surface area contributed by atoms with Crippen molar-refractivity contribution in [2.24, 2.45) is 10.8 Å². The predicted molar refractivity (Wildman–Crippen MR) is 97.3 cm³/mol. The molecule has 1 aromatic carbocycles. The second-order valence-electron chi connectivity index (χ2n) is 6.29. The molecule has 6 nitrogen and oxygen atoms in total. The van der Waals surface area contributed by atoms with Gasteiger partial charge in [0, 0.05) is 0 Å². The molecule has 26 heavy (non-hydrogen) atoms. The highest BCUT2D eigenvalue weighted by Crippen LogP contribution is 2.56. The Morgan fingerprint density at radius 1 is 1.00 bits per heavy atom. The topological polar surface area (TPSA) is 78.9 Å². The average Bonchev–Trinajstić information content (AvgIpc) is 3.03. The zero-order chi connectivity index (χ0) is 19.4. The molecule has 0 bridgehead atoms. The van der Waals surface area contributed by atoms with E-state index < -0.39 is 28.7 Å². The first-order chi connectivity index (χ1) is 12.4. The van der Waals surface area contributed by atoms with Gasteiger partial charge in [-0.1, -0.05) is 46.3 Å². The Morgan fingerprint density at radius 3 is 2.00 bits per heavy atom. The molecule has 1 unspecified atom stereocenters. The molecular formula is C19H21BrO6. The minimum absolute atomic E-state index is 0.0134. The fraction of sp³-hybridized carbons (Fsp3) is 0.421. The van der Waals surface area contributed by atoms with E-state index >= 15 is 0 Å². The van der Waals surface area contributed by atoms with E-state index in [1.807, 2.05) is 30.3 Å². The number of halogens is 1. The molecule has 140 valence electrons. The van der Waals surface area contributed by atoms with E-state index in [2.05, 4.69) is 15.9 Å². The van der Waals surface area contributed by atoms with E-state index in [-0.39, 0.29) is 19.3 Å². The highest BCUT2D eigenvalue weighted by molar-refractivity contribution is 9.11. The molecular weight excluding hydrogens is 404 g/mol. The van der Waals surface area contributed by atoms with Crippen molar-refractivity contribution in [2.45, 2.75) is 19.3 Å². The highest BCUT2D eigenvalue weighted by Gasteiger charge is 2.64. The third-order valence-electron chi connectivity index (χ3n) is 4.92. The minimum Gasteiger partial charge on any atom is -0.468 e. The van der Waals surface area contributed by atoms with Crippen LogP contribution >= 0.6 is 15.9 Å². The maximum absolute atomic E-state index is 12.8. The van der Waals surface area contributed by atoms with Gasteiger partial charge in [0.2, 0.25) is 0 Å². The third kappa shape index (κ3) is 3.28. The Bertz CT molecular complexity index is 711. The van der Waals surface area contributed by atoms with Gasteiger partial charge in [0.25, 0.3) is 0 Å². The molecule has 1 aliphatic rings. The monoisotopic (exact) mass is 424 g/mol. The van der Waals surface area contributed by atoms with Crippen molar-refractivity contribution in [3.05, 3.63) is 46.5 Å². The van der Waals surface area contributed by atoms with Gasteiger partial charge in [-0.3, -0.25) is 14.4 Å². The fourth-order valence-corrected chi connectivity index (χ4v) is 4.28. The van der Waals surface area contributed by atoms with Crippen molar-refractivity contribution < 1.29 is 28.6 Å². The van der Waals surface area contributed by atoms with Crippen molar-refractivity contribution in [3.8, 4) is 0 Å². The summed E-state index contributed by atoms with van der Waals surface area (Å²) in [7, 11) is 3.71. The van der Waals surface area contributed by atoms with Crippen LogP contribution in [-0.4, -0.2) is 39.2 Å². The smallest absolute Gasteiger partial charge is 0.323 e. The Kier molecular flexibility index (Phi) is 6.23. The SMILES string of the molecule is COC(=O)C1(C(=O)OC)C/C(=C/Br)C(Cc2ccccc2)(C(=O)OC)C1. The van der Waals surface area contributed by atoms with Crippen LogP contribution in [0.2, 0.25) is 0 Å². The number of carbonyl (C=O) groups is 3. The summed E-state index contributed by atoms with van der Waals surface area (Å²) in [6.45, 7) is 0. The maximum atomic E-state index is 12.8. The normalized spacial score (nSPS) is 22.7. The van der Waals surface area contributed by atoms with Crippen LogP contribution in [0, 0.1) is 10.8 Å². The number of carbonyl (C=O) groups excluding carboxylic acids is 3. The number of ether oxygens (including phenoxy) is 3. The average molecular weight is 425 g/mol. The summed E-state index contributed by atoms with van der Waals surface area (Å²) in [4.78, 5) is 39.5. The molecule has 0 aliphatic heterocycles. The molecule has 1 atom stereocenters. The Morgan fingerprint density at radius 2 is 1.54 bits per heavy atom. The van der Waals surface area contributed by atoms with Gasteiger partial charge in [-0.15, -0.1) is 0 Å². The van der Waals surface area contributed by atoms with Gasteiger partial charge in [-0.05, 0) is 35.4 Å². The summed E-state index contributed by atoms with van der Waals surface area (Å²) < 4.78 is 14.8. The molecule has 1 aliphatic carbocycles. The fourth-order valence-electron chi connectivity index (χ4n) is 3.68. The Balaban J connectivity index is 2.61. The van der Waals surface area contributed by atoms with Crippen molar-refractivity contribution in [1.29, 1.82) is 0 Å². The van der Waals surface area contributed by atoms with E-state index in [9.17, 15) is 14.4 Å². The molecule has 0 heterocycles. The van der Waals surface area contributed by atoms with E-state index in [0.717, 1.165) is 5.56 Å². The lowest BCUT2D eigenvalue weighted by molar-refractivity contribution is -0.170. The number of rotatable bonds is 5. The van der Waals surface area contributed by atoms with Gasteiger partial charge in [-0.25, -0.2) is 0 Å². The largest absolute Gasteiger partial charge is 0.468 e. The number of benzene rings is 1. The summed E-state index contributed by atoms with van der Waals surface area (Å²) in [5.74, 6) is -1.97.